The highest BCUT2D eigenvalue weighted by Gasteiger charge is 2.16. The molecule has 0 spiro atoms. The van der Waals surface area contributed by atoms with Crippen molar-refractivity contribution in [3.8, 4) is 11.5 Å². The van der Waals surface area contributed by atoms with E-state index in [1.54, 1.807) is 0 Å². The third-order valence-corrected chi connectivity index (χ3v) is 4.35. The van der Waals surface area contributed by atoms with Gasteiger partial charge in [-0.3, -0.25) is 9.48 Å². The Kier molecular flexibility index (Phi) is 3.65. The molecule has 0 unspecified atom stereocenters. The molecule has 2 aliphatic rings. The van der Waals surface area contributed by atoms with Gasteiger partial charge in [-0.1, -0.05) is 6.07 Å². The number of amides is 1. The first-order valence-electron chi connectivity index (χ1n) is 7.98. The Balaban J connectivity index is 1.36. The van der Waals surface area contributed by atoms with Crippen LogP contribution in [0.3, 0.4) is 0 Å². The van der Waals surface area contributed by atoms with E-state index in [0.717, 1.165) is 29.8 Å². The maximum absolute atomic E-state index is 12.2. The van der Waals surface area contributed by atoms with Crippen LogP contribution in [0.5, 0.6) is 11.5 Å². The Labute approximate surface area is 134 Å². The van der Waals surface area contributed by atoms with E-state index in [2.05, 4.69) is 15.1 Å². The number of carbonyl (C=O) groups is 1. The van der Waals surface area contributed by atoms with E-state index in [1.165, 1.54) is 18.5 Å². The molecule has 120 valence electrons. The van der Waals surface area contributed by atoms with Crippen LogP contribution in [0.2, 0.25) is 0 Å². The number of carbonyl (C=O) groups excluding carboxylic acids is 1. The zero-order valence-corrected chi connectivity index (χ0v) is 12.9. The first-order valence-corrected chi connectivity index (χ1v) is 7.98. The molecular formula is C17H19N3O3. The van der Waals surface area contributed by atoms with Crippen molar-refractivity contribution >= 4 is 5.91 Å². The lowest BCUT2D eigenvalue weighted by atomic mass is 10.1. The van der Waals surface area contributed by atoms with Crippen LogP contribution in [0.1, 0.15) is 29.7 Å². The van der Waals surface area contributed by atoms with Crippen LogP contribution in [0, 0.1) is 0 Å². The molecule has 6 nitrogen and oxygen atoms in total. The third kappa shape index (κ3) is 2.88. The minimum atomic E-state index is -0.000347. The molecule has 6 heteroatoms. The van der Waals surface area contributed by atoms with Gasteiger partial charge in [0, 0.05) is 24.3 Å². The SMILES string of the molecule is O=C(Cc1ccc2c(c1)OCO2)NCc1cnn2c1CCCC2. The normalized spacial score (nSPS) is 15.3. The fraction of sp³-hybridized carbons (Fsp3) is 0.412. The van der Waals surface area contributed by atoms with Gasteiger partial charge >= 0.3 is 0 Å². The van der Waals surface area contributed by atoms with E-state index < -0.39 is 0 Å². The molecule has 2 aliphatic heterocycles. The molecule has 0 fully saturated rings. The third-order valence-electron chi connectivity index (χ3n) is 4.35. The van der Waals surface area contributed by atoms with Gasteiger partial charge in [-0.05, 0) is 37.0 Å². The standard InChI is InChI=1S/C17H19N3O3/c21-17(8-12-4-5-15-16(7-12)23-11-22-15)18-9-13-10-19-20-6-2-1-3-14(13)20/h4-5,7,10H,1-3,6,8-9,11H2,(H,18,21). The molecular weight excluding hydrogens is 294 g/mol. The molecule has 0 saturated heterocycles. The van der Waals surface area contributed by atoms with Crippen molar-refractivity contribution in [2.75, 3.05) is 6.79 Å². The summed E-state index contributed by atoms with van der Waals surface area (Å²) in [6, 6.07) is 5.61. The van der Waals surface area contributed by atoms with Gasteiger partial charge in [0.25, 0.3) is 0 Å². The second-order valence-corrected chi connectivity index (χ2v) is 5.94. The molecule has 1 N–H and O–H groups in total. The summed E-state index contributed by atoms with van der Waals surface area (Å²) in [6.45, 7) is 1.77. The van der Waals surface area contributed by atoms with Gasteiger partial charge in [-0.2, -0.15) is 5.10 Å². The molecule has 4 rings (SSSR count). The number of rotatable bonds is 4. The van der Waals surface area contributed by atoms with E-state index in [9.17, 15) is 4.79 Å². The molecule has 1 amide bonds. The van der Waals surface area contributed by atoms with Gasteiger partial charge in [-0.15, -0.1) is 0 Å². The summed E-state index contributed by atoms with van der Waals surface area (Å²) < 4.78 is 12.7. The number of aryl methyl sites for hydroxylation is 1. The number of nitrogens with one attached hydrogen (secondary N) is 1. The number of nitrogens with zero attached hydrogens (tertiary/aromatic N) is 2. The van der Waals surface area contributed by atoms with Gasteiger partial charge in [0.1, 0.15) is 0 Å². The van der Waals surface area contributed by atoms with Crippen molar-refractivity contribution in [3.63, 3.8) is 0 Å². The van der Waals surface area contributed by atoms with Gasteiger partial charge in [0.05, 0.1) is 12.6 Å². The Morgan fingerprint density at radius 2 is 2.17 bits per heavy atom. The summed E-state index contributed by atoms with van der Waals surface area (Å²) in [6.07, 6.45) is 5.64. The predicted molar refractivity (Wildman–Crippen MR) is 83.3 cm³/mol. The van der Waals surface area contributed by atoms with E-state index in [4.69, 9.17) is 9.47 Å². The van der Waals surface area contributed by atoms with Gasteiger partial charge in [0.2, 0.25) is 12.7 Å². The molecule has 1 aromatic carbocycles. The fourth-order valence-corrected chi connectivity index (χ4v) is 3.13. The second-order valence-electron chi connectivity index (χ2n) is 5.94. The molecule has 0 bridgehead atoms. The Bertz CT molecular complexity index is 739. The number of hydrogen-bond acceptors (Lipinski definition) is 4. The Morgan fingerprint density at radius 1 is 1.26 bits per heavy atom. The maximum atomic E-state index is 12.2. The molecule has 1 aromatic heterocycles. The van der Waals surface area contributed by atoms with Crippen molar-refractivity contribution in [2.24, 2.45) is 0 Å². The number of hydrogen-bond donors (Lipinski definition) is 1. The largest absolute Gasteiger partial charge is 0.454 e. The molecule has 2 aromatic rings. The van der Waals surface area contributed by atoms with Crippen LogP contribution >= 0.6 is 0 Å². The summed E-state index contributed by atoms with van der Waals surface area (Å²) in [4.78, 5) is 12.2. The number of ether oxygens (including phenoxy) is 2. The van der Waals surface area contributed by atoms with Crippen LogP contribution < -0.4 is 14.8 Å². The van der Waals surface area contributed by atoms with Crippen molar-refractivity contribution < 1.29 is 14.3 Å². The van der Waals surface area contributed by atoms with Crippen LogP contribution in [-0.4, -0.2) is 22.5 Å². The van der Waals surface area contributed by atoms with E-state index in [-0.39, 0.29) is 12.7 Å². The smallest absolute Gasteiger partial charge is 0.231 e. The highest BCUT2D eigenvalue weighted by molar-refractivity contribution is 5.78. The molecule has 3 heterocycles. The van der Waals surface area contributed by atoms with E-state index >= 15 is 0 Å². The summed E-state index contributed by atoms with van der Waals surface area (Å²) in [7, 11) is 0. The summed E-state index contributed by atoms with van der Waals surface area (Å²) in [5.74, 6) is 1.45. The quantitative estimate of drug-likeness (QED) is 0.935. The van der Waals surface area contributed by atoms with Crippen molar-refractivity contribution in [3.05, 3.63) is 41.2 Å². The van der Waals surface area contributed by atoms with Crippen LogP contribution in [0.25, 0.3) is 0 Å². The highest BCUT2D eigenvalue weighted by Crippen LogP contribution is 2.32. The van der Waals surface area contributed by atoms with Crippen LogP contribution in [-0.2, 0) is 30.7 Å². The lowest BCUT2D eigenvalue weighted by Crippen LogP contribution is -2.25. The average molecular weight is 313 g/mol. The van der Waals surface area contributed by atoms with E-state index in [1.807, 2.05) is 24.4 Å². The molecule has 0 radical (unpaired) electrons. The van der Waals surface area contributed by atoms with Gasteiger partial charge < -0.3 is 14.8 Å². The molecule has 0 saturated carbocycles. The van der Waals surface area contributed by atoms with Gasteiger partial charge in [-0.25, -0.2) is 0 Å². The minimum Gasteiger partial charge on any atom is -0.454 e. The Morgan fingerprint density at radius 3 is 3.13 bits per heavy atom. The lowest BCUT2D eigenvalue weighted by molar-refractivity contribution is -0.120. The second kappa shape index (κ2) is 5.95. The molecule has 23 heavy (non-hydrogen) atoms. The number of aromatic nitrogens is 2. The fourth-order valence-electron chi connectivity index (χ4n) is 3.13. The molecule has 0 atom stereocenters. The summed E-state index contributed by atoms with van der Waals surface area (Å²) in [5, 5.41) is 7.38. The lowest BCUT2D eigenvalue weighted by Gasteiger charge is -2.15. The highest BCUT2D eigenvalue weighted by atomic mass is 16.7. The van der Waals surface area contributed by atoms with Crippen molar-refractivity contribution in [2.45, 2.75) is 38.8 Å². The van der Waals surface area contributed by atoms with Crippen LogP contribution in [0.4, 0.5) is 0 Å². The zero-order valence-electron chi connectivity index (χ0n) is 12.9. The Hall–Kier alpha value is -2.50. The monoisotopic (exact) mass is 313 g/mol. The average Bonchev–Trinajstić information content (AvgIpc) is 3.19. The predicted octanol–water partition coefficient (Wildman–Crippen LogP) is 1.81. The van der Waals surface area contributed by atoms with Crippen molar-refractivity contribution in [1.29, 1.82) is 0 Å². The number of benzene rings is 1. The van der Waals surface area contributed by atoms with E-state index in [0.29, 0.717) is 18.7 Å². The van der Waals surface area contributed by atoms with Gasteiger partial charge in [0.15, 0.2) is 11.5 Å². The van der Waals surface area contributed by atoms with Crippen LogP contribution in [0.15, 0.2) is 24.4 Å². The first kappa shape index (κ1) is 14.1. The van der Waals surface area contributed by atoms with Crippen molar-refractivity contribution in [1.82, 2.24) is 15.1 Å². The topological polar surface area (TPSA) is 65.4 Å². The first-order chi connectivity index (χ1) is 11.3. The summed E-state index contributed by atoms with van der Waals surface area (Å²) in [5.41, 5.74) is 3.31. The minimum absolute atomic E-state index is 0.000347. The zero-order chi connectivity index (χ0) is 15.6. The maximum Gasteiger partial charge on any atom is 0.231 e. The number of fused-ring (bicyclic) bond motifs is 2. The molecule has 0 aliphatic carbocycles. The summed E-state index contributed by atoms with van der Waals surface area (Å²) >= 11 is 0.